The highest BCUT2D eigenvalue weighted by atomic mass is 32.2. The SMILES string of the molecule is Cc1nc2ccccn2c1-c1ccnc(SCC(=O)Nc2ccc(C(C)C)cc2)n1. The summed E-state index contributed by atoms with van der Waals surface area (Å²) in [5, 5.41) is 3.48. The zero-order chi connectivity index (χ0) is 21.1. The highest BCUT2D eigenvalue weighted by Crippen LogP contribution is 2.25. The van der Waals surface area contributed by atoms with Gasteiger partial charge in [0, 0.05) is 18.1 Å². The average Bonchev–Trinajstić information content (AvgIpc) is 3.08. The standard InChI is InChI=1S/C23H23N5OS/c1-15(2)17-7-9-18(10-8-17)26-21(29)14-30-23-24-12-11-19(27-23)22-16(3)25-20-6-4-5-13-28(20)22/h4-13,15H,14H2,1-3H3,(H,26,29). The topological polar surface area (TPSA) is 72.2 Å². The third-order valence-corrected chi connectivity index (χ3v) is 5.64. The number of carbonyl (C=O) groups excluding carboxylic acids is 1. The first kappa shape index (κ1) is 20.1. The van der Waals surface area contributed by atoms with Crippen LogP contribution in [0.2, 0.25) is 0 Å². The van der Waals surface area contributed by atoms with Gasteiger partial charge in [0.25, 0.3) is 0 Å². The Morgan fingerprint density at radius 2 is 1.90 bits per heavy atom. The van der Waals surface area contributed by atoms with Gasteiger partial charge in [-0.25, -0.2) is 15.0 Å². The summed E-state index contributed by atoms with van der Waals surface area (Å²) >= 11 is 1.31. The van der Waals surface area contributed by atoms with Crippen molar-refractivity contribution in [1.29, 1.82) is 0 Å². The van der Waals surface area contributed by atoms with Crippen LogP contribution in [0.3, 0.4) is 0 Å². The lowest BCUT2D eigenvalue weighted by molar-refractivity contribution is -0.113. The van der Waals surface area contributed by atoms with Gasteiger partial charge >= 0.3 is 0 Å². The highest BCUT2D eigenvalue weighted by molar-refractivity contribution is 7.99. The third kappa shape index (κ3) is 4.36. The molecule has 0 atom stereocenters. The van der Waals surface area contributed by atoms with Crippen LogP contribution in [0.15, 0.2) is 66.1 Å². The number of nitrogens with zero attached hydrogens (tertiary/aromatic N) is 4. The van der Waals surface area contributed by atoms with E-state index in [2.05, 4.69) is 34.1 Å². The molecule has 152 valence electrons. The second-order valence-electron chi connectivity index (χ2n) is 7.31. The molecule has 0 unspecified atom stereocenters. The number of amides is 1. The van der Waals surface area contributed by atoms with E-state index in [1.54, 1.807) is 6.20 Å². The highest BCUT2D eigenvalue weighted by Gasteiger charge is 2.13. The first-order valence-corrected chi connectivity index (χ1v) is 10.8. The van der Waals surface area contributed by atoms with Crippen molar-refractivity contribution in [2.75, 3.05) is 11.1 Å². The van der Waals surface area contributed by atoms with Crippen LogP contribution in [0.1, 0.15) is 31.0 Å². The summed E-state index contributed by atoms with van der Waals surface area (Å²) in [5.74, 6) is 0.616. The minimum atomic E-state index is -0.0858. The predicted molar refractivity (Wildman–Crippen MR) is 121 cm³/mol. The zero-order valence-electron chi connectivity index (χ0n) is 17.2. The summed E-state index contributed by atoms with van der Waals surface area (Å²) in [5.41, 5.74) is 5.54. The number of aromatic nitrogens is 4. The number of benzene rings is 1. The molecule has 30 heavy (non-hydrogen) atoms. The summed E-state index contributed by atoms with van der Waals surface area (Å²) in [4.78, 5) is 25.9. The Hall–Kier alpha value is -3.19. The van der Waals surface area contributed by atoms with Crippen LogP contribution in [0.5, 0.6) is 0 Å². The van der Waals surface area contributed by atoms with E-state index in [1.807, 2.05) is 66.1 Å². The summed E-state index contributed by atoms with van der Waals surface area (Å²) < 4.78 is 2.01. The monoisotopic (exact) mass is 417 g/mol. The molecule has 0 fully saturated rings. The van der Waals surface area contributed by atoms with Crippen molar-refractivity contribution in [3.63, 3.8) is 0 Å². The normalized spacial score (nSPS) is 11.2. The molecule has 0 spiro atoms. The van der Waals surface area contributed by atoms with Gasteiger partial charge in [0.2, 0.25) is 5.91 Å². The van der Waals surface area contributed by atoms with Crippen LogP contribution >= 0.6 is 11.8 Å². The Bertz CT molecular complexity index is 1180. The maximum atomic E-state index is 12.3. The van der Waals surface area contributed by atoms with E-state index < -0.39 is 0 Å². The Morgan fingerprint density at radius 1 is 1.10 bits per heavy atom. The van der Waals surface area contributed by atoms with Gasteiger partial charge < -0.3 is 5.32 Å². The lowest BCUT2D eigenvalue weighted by Gasteiger charge is -2.08. The van der Waals surface area contributed by atoms with E-state index >= 15 is 0 Å². The summed E-state index contributed by atoms with van der Waals surface area (Å²) in [7, 11) is 0. The number of nitrogens with one attached hydrogen (secondary N) is 1. The lowest BCUT2D eigenvalue weighted by Crippen LogP contribution is -2.14. The number of thioether (sulfide) groups is 1. The maximum absolute atomic E-state index is 12.3. The number of aryl methyl sites for hydroxylation is 1. The fourth-order valence-corrected chi connectivity index (χ4v) is 3.87. The smallest absolute Gasteiger partial charge is 0.234 e. The van der Waals surface area contributed by atoms with Crippen LogP contribution in [0.4, 0.5) is 5.69 Å². The quantitative estimate of drug-likeness (QED) is 0.355. The number of fused-ring (bicyclic) bond motifs is 1. The van der Waals surface area contributed by atoms with Gasteiger partial charge in [-0.05, 0) is 48.7 Å². The number of hydrogen-bond acceptors (Lipinski definition) is 5. The zero-order valence-corrected chi connectivity index (χ0v) is 18.0. The van der Waals surface area contributed by atoms with Crippen molar-refractivity contribution in [1.82, 2.24) is 19.4 Å². The second-order valence-corrected chi connectivity index (χ2v) is 8.26. The number of imidazole rings is 1. The predicted octanol–water partition coefficient (Wildman–Crippen LogP) is 4.95. The largest absolute Gasteiger partial charge is 0.325 e. The van der Waals surface area contributed by atoms with Crippen molar-refractivity contribution >= 4 is 29.0 Å². The molecule has 1 aromatic carbocycles. The fraction of sp³-hybridized carbons (Fsp3) is 0.217. The molecule has 3 heterocycles. The first-order valence-electron chi connectivity index (χ1n) is 9.81. The number of carbonyl (C=O) groups is 1. The van der Waals surface area contributed by atoms with Gasteiger partial charge in [0.05, 0.1) is 22.8 Å². The molecule has 0 saturated heterocycles. The van der Waals surface area contributed by atoms with Crippen LogP contribution in [0, 0.1) is 6.92 Å². The van der Waals surface area contributed by atoms with Crippen LogP contribution < -0.4 is 5.32 Å². The molecule has 3 aromatic heterocycles. The van der Waals surface area contributed by atoms with Crippen LogP contribution in [-0.4, -0.2) is 31.0 Å². The molecule has 1 amide bonds. The van der Waals surface area contributed by atoms with Gasteiger partial charge in [0.15, 0.2) is 5.16 Å². The Kier molecular flexibility index (Phi) is 5.81. The van der Waals surface area contributed by atoms with Gasteiger partial charge in [0.1, 0.15) is 5.65 Å². The van der Waals surface area contributed by atoms with Gasteiger partial charge in [-0.15, -0.1) is 0 Å². The summed E-state index contributed by atoms with van der Waals surface area (Å²) in [6.45, 7) is 6.26. The fourth-order valence-electron chi connectivity index (χ4n) is 3.24. The first-order chi connectivity index (χ1) is 14.5. The molecule has 4 aromatic rings. The number of hydrogen-bond donors (Lipinski definition) is 1. The Labute approximate surface area is 179 Å². The minimum Gasteiger partial charge on any atom is -0.325 e. The Morgan fingerprint density at radius 3 is 2.67 bits per heavy atom. The van der Waals surface area contributed by atoms with Gasteiger partial charge in [-0.1, -0.05) is 43.8 Å². The lowest BCUT2D eigenvalue weighted by atomic mass is 10.0. The number of anilines is 1. The number of pyridine rings is 1. The maximum Gasteiger partial charge on any atom is 0.234 e. The minimum absolute atomic E-state index is 0.0858. The number of rotatable bonds is 6. The molecule has 0 radical (unpaired) electrons. The van der Waals surface area contributed by atoms with Crippen molar-refractivity contribution in [2.45, 2.75) is 31.8 Å². The second kappa shape index (κ2) is 8.67. The molecule has 4 rings (SSSR count). The van der Waals surface area contributed by atoms with Gasteiger partial charge in [-0.2, -0.15) is 0 Å². The average molecular weight is 418 g/mol. The summed E-state index contributed by atoms with van der Waals surface area (Å²) in [6, 6.07) is 15.7. The molecule has 7 heteroatoms. The molecule has 1 N–H and O–H groups in total. The van der Waals surface area contributed by atoms with E-state index in [-0.39, 0.29) is 11.7 Å². The summed E-state index contributed by atoms with van der Waals surface area (Å²) in [6.07, 6.45) is 3.69. The van der Waals surface area contributed by atoms with Crippen molar-refractivity contribution < 1.29 is 4.79 Å². The van der Waals surface area contributed by atoms with Crippen LogP contribution in [0.25, 0.3) is 17.0 Å². The van der Waals surface area contributed by atoms with Crippen LogP contribution in [-0.2, 0) is 4.79 Å². The molecule has 0 bridgehead atoms. The Balaban J connectivity index is 1.44. The van der Waals surface area contributed by atoms with E-state index in [0.29, 0.717) is 11.1 Å². The van der Waals surface area contributed by atoms with E-state index in [0.717, 1.165) is 28.4 Å². The molecule has 0 aliphatic carbocycles. The van der Waals surface area contributed by atoms with Gasteiger partial charge in [-0.3, -0.25) is 9.20 Å². The van der Waals surface area contributed by atoms with Crippen molar-refractivity contribution in [2.24, 2.45) is 0 Å². The molecule has 0 aliphatic heterocycles. The van der Waals surface area contributed by atoms with E-state index in [9.17, 15) is 4.79 Å². The van der Waals surface area contributed by atoms with Crippen molar-refractivity contribution in [3.05, 3.63) is 72.2 Å². The molecule has 0 aliphatic rings. The molecule has 0 saturated carbocycles. The van der Waals surface area contributed by atoms with E-state index in [1.165, 1.54) is 17.3 Å². The van der Waals surface area contributed by atoms with E-state index in [4.69, 9.17) is 0 Å². The van der Waals surface area contributed by atoms with Crippen molar-refractivity contribution in [3.8, 4) is 11.4 Å². The molecule has 6 nitrogen and oxygen atoms in total. The molecular weight excluding hydrogens is 394 g/mol. The third-order valence-electron chi connectivity index (χ3n) is 4.77. The molecular formula is C23H23N5OS.